The van der Waals surface area contributed by atoms with Crippen LogP contribution in [-0.4, -0.2) is 18.4 Å². The van der Waals surface area contributed by atoms with Crippen LogP contribution in [0.1, 0.15) is 10.4 Å². The number of halogens is 1. The van der Waals surface area contributed by atoms with Crippen molar-refractivity contribution in [2.45, 2.75) is 0 Å². The number of nitrogens with one attached hydrogen (secondary N) is 1. The van der Waals surface area contributed by atoms with E-state index in [1.165, 1.54) is 3.11 Å². The Morgan fingerprint density at radius 2 is 2.00 bits per heavy atom. The van der Waals surface area contributed by atoms with Crippen LogP contribution in [0, 0.1) is 0 Å². The molecule has 0 saturated heterocycles. The molecule has 0 unspecified atom stereocenters. The molecule has 1 heterocycles. The van der Waals surface area contributed by atoms with Gasteiger partial charge in [0.15, 0.2) is 0 Å². The molecule has 0 radical (unpaired) electrons. The fourth-order valence-corrected chi connectivity index (χ4v) is 1.88. The average molecular weight is 302 g/mol. The van der Waals surface area contributed by atoms with Crippen molar-refractivity contribution in [1.29, 1.82) is 0 Å². The monoisotopic (exact) mass is 302 g/mol. The molecule has 0 aromatic heterocycles. The summed E-state index contributed by atoms with van der Waals surface area (Å²) in [6, 6.07) is 7.04. The van der Waals surface area contributed by atoms with E-state index in [4.69, 9.17) is 0 Å². The summed E-state index contributed by atoms with van der Waals surface area (Å²) in [6.45, 7) is 0.0520. The fourth-order valence-electron chi connectivity index (χ4n) is 1.29. The highest BCUT2D eigenvalue weighted by atomic mass is 127. The summed E-state index contributed by atoms with van der Waals surface area (Å²) < 4.78 is 1.46. The normalized spacial score (nSPS) is 15.9. The first kappa shape index (κ1) is 9.45. The number of hydrogen-bond acceptors (Lipinski definition) is 2. The van der Waals surface area contributed by atoms with Crippen LogP contribution in [0.15, 0.2) is 24.3 Å². The van der Waals surface area contributed by atoms with Crippen LogP contribution in [-0.2, 0) is 4.79 Å². The number of anilines is 1. The summed E-state index contributed by atoms with van der Waals surface area (Å²) in [4.78, 5) is 22.9. The number of hydrogen-bond donors (Lipinski definition) is 1. The molecule has 5 heteroatoms. The molecule has 1 aromatic carbocycles. The first-order chi connectivity index (χ1) is 6.70. The second kappa shape index (κ2) is 3.56. The average Bonchev–Trinajstić information content (AvgIpc) is 2.33. The molecule has 4 nitrogen and oxygen atoms in total. The molecule has 14 heavy (non-hydrogen) atoms. The first-order valence-electron chi connectivity index (χ1n) is 4.06. The number of carbonyl (C=O) groups is 2. The summed E-state index contributed by atoms with van der Waals surface area (Å²) in [5, 5.41) is 2.55. The fraction of sp³-hybridized carbons (Fsp3) is 0.111. The zero-order valence-corrected chi connectivity index (χ0v) is 9.32. The third-order valence-corrected chi connectivity index (χ3v) is 3.04. The third kappa shape index (κ3) is 1.47. The topological polar surface area (TPSA) is 49.4 Å². The van der Waals surface area contributed by atoms with Crippen LogP contribution in [0.5, 0.6) is 0 Å². The summed E-state index contributed by atoms with van der Waals surface area (Å²) in [7, 11) is 0. The quantitative estimate of drug-likeness (QED) is 0.576. The predicted octanol–water partition coefficient (Wildman–Crippen LogP) is 1.11. The number of fused-ring (bicyclic) bond motifs is 1. The van der Waals surface area contributed by atoms with Gasteiger partial charge in [0.05, 0.1) is 40.7 Å². The molecular formula is C9H7IN2O2. The van der Waals surface area contributed by atoms with E-state index in [9.17, 15) is 9.59 Å². The van der Waals surface area contributed by atoms with Crippen molar-refractivity contribution < 1.29 is 9.59 Å². The molecule has 1 aromatic rings. The number of amides is 2. The molecule has 0 aliphatic carbocycles. The Labute approximate surface area is 94.8 Å². The van der Waals surface area contributed by atoms with Gasteiger partial charge in [-0.15, -0.1) is 0 Å². The van der Waals surface area contributed by atoms with E-state index >= 15 is 0 Å². The maximum atomic E-state index is 11.5. The molecule has 0 fully saturated rings. The van der Waals surface area contributed by atoms with E-state index in [0.717, 1.165) is 0 Å². The highest BCUT2D eigenvalue weighted by Crippen LogP contribution is 2.25. The lowest BCUT2D eigenvalue weighted by molar-refractivity contribution is -0.116. The Morgan fingerprint density at radius 1 is 1.29 bits per heavy atom. The minimum absolute atomic E-state index is 0.0520. The number of para-hydroxylation sites is 1. The molecule has 1 N–H and O–H groups in total. The van der Waals surface area contributed by atoms with Crippen LogP contribution in [0.4, 0.5) is 5.69 Å². The van der Waals surface area contributed by atoms with Gasteiger partial charge in [-0.3, -0.25) is 12.7 Å². The van der Waals surface area contributed by atoms with Gasteiger partial charge in [0.2, 0.25) is 0 Å². The smallest absolute Gasteiger partial charge is 0.255 e. The molecular weight excluding hydrogens is 295 g/mol. The standard InChI is InChI=1S/C9H7IN2O2/c10-12-7-4-2-1-3-6(7)9(14)11-5-8(12)13/h1-4H,5H2,(H,11,14). The van der Waals surface area contributed by atoms with Crippen LogP contribution >= 0.6 is 22.9 Å². The van der Waals surface area contributed by atoms with E-state index < -0.39 is 0 Å². The number of nitrogens with zero attached hydrogens (tertiary/aromatic N) is 1. The molecule has 0 saturated carbocycles. The van der Waals surface area contributed by atoms with E-state index in [0.29, 0.717) is 11.3 Å². The van der Waals surface area contributed by atoms with Crippen molar-refractivity contribution in [3.63, 3.8) is 0 Å². The van der Waals surface area contributed by atoms with E-state index in [1.54, 1.807) is 24.3 Å². The molecule has 72 valence electrons. The third-order valence-electron chi connectivity index (χ3n) is 1.98. The molecule has 0 atom stereocenters. The summed E-state index contributed by atoms with van der Waals surface area (Å²) >= 11 is 1.90. The van der Waals surface area contributed by atoms with Gasteiger partial charge in [-0.2, -0.15) is 0 Å². The van der Waals surface area contributed by atoms with Crippen molar-refractivity contribution in [3.8, 4) is 0 Å². The summed E-state index contributed by atoms with van der Waals surface area (Å²) in [5.74, 6) is -0.322. The molecule has 0 spiro atoms. The van der Waals surface area contributed by atoms with Gasteiger partial charge in [0, 0.05) is 0 Å². The number of rotatable bonds is 0. The highest BCUT2D eigenvalue weighted by molar-refractivity contribution is 14.1. The Morgan fingerprint density at radius 3 is 2.79 bits per heavy atom. The van der Waals surface area contributed by atoms with Crippen LogP contribution in [0.3, 0.4) is 0 Å². The SMILES string of the molecule is O=C1NCC(=O)N(I)c2ccccc21. The van der Waals surface area contributed by atoms with Crippen molar-refractivity contribution in [2.24, 2.45) is 0 Å². The summed E-state index contributed by atoms with van der Waals surface area (Å²) in [6.07, 6.45) is 0. The van der Waals surface area contributed by atoms with Gasteiger partial charge in [0.1, 0.15) is 0 Å². The van der Waals surface area contributed by atoms with E-state index in [1.807, 2.05) is 22.9 Å². The lowest BCUT2D eigenvalue weighted by Crippen LogP contribution is -2.30. The second-order valence-corrected chi connectivity index (χ2v) is 3.84. The Bertz CT molecular complexity index is 406. The van der Waals surface area contributed by atoms with Gasteiger partial charge >= 0.3 is 0 Å². The lowest BCUT2D eigenvalue weighted by atomic mass is 10.2. The van der Waals surface area contributed by atoms with Crippen molar-refractivity contribution in [1.82, 2.24) is 5.32 Å². The molecule has 1 aliphatic heterocycles. The maximum Gasteiger partial charge on any atom is 0.255 e. The van der Waals surface area contributed by atoms with Crippen molar-refractivity contribution in [3.05, 3.63) is 29.8 Å². The van der Waals surface area contributed by atoms with Crippen LogP contribution < -0.4 is 8.43 Å². The van der Waals surface area contributed by atoms with Gasteiger partial charge < -0.3 is 5.32 Å². The van der Waals surface area contributed by atoms with E-state index in [2.05, 4.69) is 5.32 Å². The number of benzene rings is 1. The first-order valence-corrected chi connectivity index (χ1v) is 5.02. The Balaban J connectivity index is 2.57. The maximum absolute atomic E-state index is 11.5. The molecule has 2 amide bonds. The number of carbonyl (C=O) groups excluding carboxylic acids is 2. The zero-order chi connectivity index (χ0) is 10.1. The minimum atomic E-state index is -0.201. The lowest BCUT2D eigenvalue weighted by Gasteiger charge is -2.12. The van der Waals surface area contributed by atoms with Crippen LogP contribution in [0.2, 0.25) is 0 Å². The van der Waals surface area contributed by atoms with Gasteiger partial charge in [-0.1, -0.05) is 12.1 Å². The highest BCUT2D eigenvalue weighted by Gasteiger charge is 2.23. The molecule has 1 aliphatic rings. The van der Waals surface area contributed by atoms with Crippen LogP contribution in [0.25, 0.3) is 0 Å². The second-order valence-electron chi connectivity index (χ2n) is 2.87. The van der Waals surface area contributed by atoms with E-state index in [-0.39, 0.29) is 18.4 Å². The largest absolute Gasteiger partial charge is 0.343 e. The van der Waals surface area contributed by atoms with Crippen molar-refractivity contribution in [2.75, 3.05) is 9.66 Å². The zero-order valence-electron chi connectivity index (χ0n) is 7.16. The Hall–Kier alpha value is -1.11. The van der Waals surface area contributed by atoms with Crippen molar-refractivity contribution >= 4 is 40.4 Å². The molecule has 0 bridgehead atoms. The van der Waals surface area contributed by atoms with Gasteiger partial charge in [0.25, 0.3) is 11.8 Å². The minimum Gasteiger partial charge on any atom is -0.343 e. The molecule has 2 rings (SSSR count). The Kier molecular flexibility index (Phi) is 2.40. The summed E-state index contributed by atoms with van der Waals surface area (Å²) in [5.41, 5.74) is 1.18. The predicted molar refractivity (Wildman–Crippen MR) is 60.3 cm³/mol. The van der Waals surface area contributed by atoms with Gasteiger partial charge in [-0.05, 0) is 12.1 Å². The van der Waals surface area contributed by atoms with Gasteiger partial charge in [-0.25, -0.2) is 0 Å².